The Morgan fingerprint density at radius 3 is 2.33 bits per heavy atom. The van der Waals surface area contributed by atoms with Crippen LogP contribution in [0.3, 0.4) is 0 Å². The molecule has 1 aromatic carbocycles. The van der Waals surface area contributed by atoms with E-state index in [-0.39, 0.29) is 11.7 Å². The lowest BCUT2D eigenvalue weighted by molar-refractivity contribution is -0.123. The molecule has 0 spiro atoms. The van der Waals surface area contributed by atoms with E-state index >= 15 is 0 Å². The van der Waals surface area contributed by atoms with Gasteiger partial charge in [0, 0.05) is 0 Å². The van der Waals surface area contributed by atoms with Crippen LogP contribution in [0.15, 0.2) is 22.2 Å². The van der Waals surface area contributed by atoms with E-state index in [9.17, 15) is 14.4 Å². The number of ether oxygens (including phenoxy) is 2. The van der Waals surface area contributed by atoms with Gasteiger partial charge in [0.15, 0.2) is 11.5 Å². The van der Waals surface area contributed by atoms with Gasteiger partial charge >= 0.3 is 6.03 Å². The second-order valence-electron chi connectivity index (χ2n) is 5.22. The van der Waals surface area contributed by atoms with E-state index in [0.717, 1.165) is 0 Å². The van der Waals surface area contributed by atoms with Crippen molar-refractivity contribution in [3.8, 4) is 11.5 Å². The monoisotopic (exact) mass is 396 g/mol. The van der Waals surface area contributed by atoms with Gasteiger partial charge in [-0.25, -0.2) is 4.79 Å². The normalized spacial score (nSPS) is 14.4. The lowest BCUT2D eigenvalue weighted by atomic mass is 10.1. The molecule has 24 heavy (non-hydrogen) atoms. The fraction of sp³-hybridized carbons (Fsp3) is 0.312. The molecule has 4 amide bonds. The first-order chi connectivity index (χ1) is 11.3. The Morgan fingerprint density at radius 2 is 1.79 bits per heavy atom. The van der Waals surface area contributed by atoms with Crippen LogP contribution in [0.2, 0.25) is 0 Å². The van der Waals surface area contributed by atoms with Gasteiger partial charge in [-0.1, -0.05) is 0 Å². The van der Waals surface area contributed by atoms with Gasteiger partial charge in [0.2, 0.25) is 0 Å². The molecule has 1 aliphatic rings. The van der Waals surface area contributed by atoms with E-state index in [4.69, 9.17) is 9.47 Å². The fourth-order valence-corrected chi connectivity index (χ4v) is 2.61. The minimum absolute atomic E-state index is 0.0503. The molecule has 1 aromatic rings. The van der Waals surface area contributed by atoms with Crippen molar-refractivity contribution in [3.63, 3.8) is 0 Å². The average Bonchev–Trinajstić information content (AvgIpc) is 2.46. The fourth-order valence-electron chi connectivity index (χ4n) is 2.06. The van der Waals surface area contributed by atoms with Crippen molar-refractivity contribution in [2.45, 2.75) is 26.9 Å². The van der Waals surface area contributed by atoms with Crippen molar-refractivity contribution in [2.24, 2.45) is 0 Å². The molecular formula is C16H17BrN2O5. The van der Waals surface area contributed by atoms with Crippen LogP contribution in [0, 0.1) is 0 Å². The SMILES string of the molecule is CCOc1cc(C=C2C(=O)NC(=O)NC2=O)cc(Br)c1OC(C)C. The lowest BCUT2D eigenvalue weighted by Crippen LogP contribution is -2.51. The Labute approximate surface area is 147 Å². The lowest BCUT2D eigenvalue weighted by Gasteiger charge is -2.17. The number of halogens is 1. The molecule has 0 unspecified atom stereocenters. The van der Waals surface area contributed by atoms with Crippen molar-refractivity contribution in [3.05, 3.63) is 27.7 Å². The maximum atomic E-state index is 11.8. The number of benzene rings is 1. The Morgan fingerprint density at radius 1 is 1.17 bits per heavy atom. The van der Waals surface area contributed by atoms with Crippen molar-refractivity contribution < 1.29 is 23.9 Å². The molecule has 1 fully saturated rings. The Bertz CT molecular complexity index is 705. The second kappa shape index (κ2) is 7.48. The van der Waals surface area contributed by atoms with Gasteiger partial charge in [0.05, 0.1) is 17.2 Å². The van der Waals surface area contributed by atoms with Gasteiger partial charge in [-0.15, -0.1) is 0 Å². The summed E-state index contributed by atoms with van der Waals surface area (Å²) >= 11 is 3.41. The first-order valence-electron chi connectivity index (χ1n) is 7.33. The number of barbiturate groups is 1. The van der Waals surface area contributed by atoms with Crippen LogP contribution in [0.1, 0.15) is 26.3 Å². The molecule has 7 nitrogen and oxygen atoms in total. The number of carbonyl (C=O) groups excluding carboxylic acids is 3. The summed E-state index contributed by atoms with van der Waals surface area (Å²) in [7, 11) is 0. The molecule has 1 aliphatic heterocycles. The summed E-state index contributed by atoms with van der Waals surface area (Å²) in [5, 5.41) is 4.05. The number of carbonyl (C=O) groups is 3. The summed E-state index contributed by atoms with van der Waals surface area (Å²) in [6, 6.07) is 2.53. The number of rotatable bonds is 5. The van der Waals surface area contributed by atoms with Crippen molar-refractivity contribution in [1.82, 2.24) is 10.6 Å². The first-order valence-corrected chi connectivity index (χ1v) is 8.12. The highest BCUT2D eigenvalue weighted by atomic mass is 79.9. The van der Waals surface area contributed by atoms with Gasteiger partial charge in [-0.2, -0.15) is 0 Å². The molecule has 8 heteroatoms. The number of imide groups is 2. The average molecular weight is 397 g/mol. The van der Waals surface area contributed by atoms with E-state index in [1.165, 1.54) is 6.08 Å². The molecule has 2 rings (SSSR count). The summed E-state index contributed by atoms with van der Waals surface area (Å²) in [5.41, 5.74) is 0.387. The van der Waals surface area contributed by atoms with Crippen LogP contribution >= 0.6 is 15.9 Å². The van der Waals surface area contributed by atoms with E-state index in [2.05, 4.69) is 15.9 Å². The summed E-state index contributed by atoms with van der Waals surface area (Å²) in [4.78, 5) is 34.7. The number of amides is 4. The van der Waals surface area contributed by atoms with Crippen molar-refractivity contribution >= 4 is 39.9 Å². The van der Waals surface area contributed by atoms with Gasteiger partial charge < -0.3 is 9.47 Å². The zero-order chi connectivity index (χ0) is 17.9. The predicted molar refractivity (Wildman–Crippen MR) is 90.7 cm³/mol. The molecule has 0 atom stereocenters. The zero-order valence-electron chi connectivity index (χ0n) is 13.4. The summed E-state index contributed by atoms with van der Waals surface area (Å²) in [6.45, 7) is 6.06. The highest BCUT2D eigenvalue weighted by molar-refractivity contribution is 9.10. The van der Waals surface area contributed by atoms with Crippen LogP contribution in [-0.2, 0) is 9.59 Å². The molecule has 0 aliphatic carbocycles. The quantitative estimate of drug-likeness (QED) is 0.588. The minimum Gasteiger partial charge on any atom is -0.490 e. The number of hydrogen-bond acceptors (Lipinski definition) is 5. The largest absolute Gasteiger partial charge is 0.490 e. The topological polar surface area (TPSA) is 93.7 Å². The Balaban J connectivity index is 2.44. The van der Waals surface area contributed by atoms with Crippen molar-refractivity contribution in [1.29, 1.82) is 0 Å². The molecule has 1 saturated heterocycles. The Hall–Kier alpha value is -2.35. The van der Waals surface area contributed by atoms with E-state index in [1.54, 1.807) is 12.1 Å². The molecule has 1 heterocycles. The van der Waals surface area contributed by atoms with Crippen LogP contribution in [-0.4, -0.2) is 30.6 Å². The van der Waals surface area contributed by atoms with E-state index in [0.29, 0.717) is 28.1 Å². The van der Waals surface area contributed by atoms with E-state index in [1.807, 2.05) is 31.4 Å². The molecule has 0 radical (unpaired) electrons. The molecule has 0 saturated carbocycles. The maximum absolute atomic E-state index is 11.8. The van der Waals surface area contributed by atoms with Gasteiger partial charge in [-0.3, -0.25) is 20.2 Å². The van der Waals surface area contributed by atoms with Crippen LogP contribution in [0.5, 0.6) is 11.5 Å². The molecule has 2 N–H and O–H groups in total. The third-order valence-electron chi connectivity index (χ3n) is 2.94. The maximum Gasteiger partial charge on any atom is 0.328 e. The van der Waals surface area contributed by atoms with E-state index < -0.39 is 17.8 Å². The van der Waals surface area contributed by atoms with Gasteiger partial charge in [0.1, 0.15) is 5.57 Å². The predicted octanol–water partition coefficient (Wildman–Crippen LogP) is 2.38. The smallest absolute Gasteiger partial charge is 0.328 e. The second-order valence-corrected chi connectivity index (χ2v) is 6.08. The first kappa shape index (κ1) is 18.0. The van der Waals surface area contributed by atoms with Crippen molar-refractivity contribution in [2.75, 3.05) is 6.61 Å². The standard InChI is InChI=1S/C16H17BrN2O5/c1-4-23-12-7-9(6-11(17)13(12)24-8(2)3)5-10-14(20)18-16(22)19-15(10)21/h5-8H,4H2,1-3H3,(H2,18,19,20,21,22). The van der Waals surface area contributed by atoms with Crippen LogP contribution in [0.4, 0.5) is 4.79 Å². The highest BCUT2D eigenvalue weighted by Crippen LogP contribution is 2.38. The minimum atomic E-state index is -0.834. The summed E-state index contributed by atoms with van der Waals surface area (Å²) in [6.07, 6.45) is 1.33. The van der Waals surface area contributed by atoms with Crippen LogP contribution < -0.4 is 20.1 Å². The summed E-state index contributed by atoms with van der Waals surface area (Å²) in [5.74, 6) is -0.470. The van der Waals surface area contributed by atoms with Crippen LogP contribution in [0.25, 0.3) is 6.08 Å². The Kier molecular flexibility index (Phi) is 5.61. The zero-order valence-corrected chi connectivity index (χ0v) is 15.0. The molecule has 0 aromatic heterocycles. The molecule has 0 bridgehead atoms. The molecular weight excluding hydrogens is 380 g/mol. The third kappa shape index (κ3) is 4.14. The number of hydrogen-bond donors (Lipinski definition) is 2. The molecule has 128 valence electrons. The summed E-state index contributed by atoms with van der Waals surface area (Å²) < 4.78 is 11.9. The number of urea groups is 1. The van der Waals surface area contributed by atoms with Gasteiger partial charge in [0.25, 0.3) is 11.8 Å². The highest BCUT2D eigenvalue weighted by Gasteiger charge is 2.28. The van der Waals surface area contributed by atoms with Gasteiger partial charge in [-0.05, 0) is 60.5 Å². The third-order valence-corrected chi connectivity index (χ3v) is 3.53. The number of nitrogens with one attached hydrogen (secondary N) is 2.